The number of aromatic nitrogens is 1. The first-order valence-corrected chi connectivity index (χ1v) is 11.8. The van der Waals surface area contributed by atoms with Gasteiger partial charge in [0.05, 0.1) is 28.1 Å². The van der Waals surface area contributed by atoms with Gasteiger partial charge in [0.25, 0.3) is 5.91 Å². The number of hydrogen-bond acceptors (Lipinski definition) is 4. The van der Waals surface area contributed by atoms with E-state index in [2.05, 4.69) is 46.1 Å². The summed E-state index contributed by atoms with van der Waals surface area (Å²) in [5.74, 6) is 0.986. The van der Waals surface area contributed by atoms with E-state index in [1.807, 2.05) is 77.6 Å². The molecule has 34 heavy (non-hydrogen) atoms. The lowest BCUT2D eigenvalue weighted by molar-refractivity contribution is 0.0955. The summed E-state index contributed by atoms with van der Waals surface area (Å²) in [6.45, 7) is 2.51. The van der Waals surface area contributed by atoms with Gasteiger partial charge in [0.1, 0.15) is 6.61 Å². The van der Waals surface area contributed by atoms with Gasteiger partial charge in [0, 0.05) is 12.4 Å². The summed E-state index contributed by atoms with van der Waals surface area (Å²) in [7, 11) is 1.60. The second kappa shape index (κ2) is 11.0. The van der Waals surface area contributed by atoms with E-state index in [4.69, 9.17) is 9.47 Å². The van der Waals surface area contributed by atoms with Crippen molar-refractivity contribution in [3.8, 4) is 17.2 Å². The third-order valence-corrected chi connectivity index (χ3v) is 6.10. The van der Waals surface area contributed by atoms with Gasteiger partial charge in [-0.3, -0.25) is 4.79 Å². The van der Waals surface area contributed by atoms with Crippen molar-refractivity contribution in [3.05, 3.63) is 111 Å². The molecule has 0 unspecified atom stereocenters. The number of carbonyl (C=O) groups is 1. The van der Waals surface area contributed by atoms with E-state index in [1.54, 1.807) is 19.4 Å². The Hall–Kier alpha value is -3.59. The molecule has 3 aromatic carbocycles. The largest absolute Gasteiger partial charge is 0.493 e. The molecule has 4 rings (SSSR count). The molecule has 0 atom stereocenters. The lowest BCUT2D eigenvalue weighted by atomic mass is 10.1. The van der Waals surface area contributed by atoms with Crippen LogP contribution in [0.2, 0.25) is 0 Å². The first-order chi connectivity index (χ1) is 16.6. The lowest BCUT2D eigenvalue weighted by Gasteiger charge is -2.14. The zero-order chi connectivity index (χ0) is 23.9. The van der Waals surface area contributed by atoms with E-state index >= 15 is 0 Å². The average Bonchev–Trinajstić information content (AvgIpc) is 3.39. The first kappa shape index (κ1) is 23.6. The van der Waals surface area contributed by atoms with Crippen LogP contribution in [0.1, 0.15) is 27.0 Å². The van der Waals surface area contributed by atoms with E-state index in [0.717, 1.165) is 20.4 Å². The number of para-hydroxylation sites is 1. The van der Waals surface area contributed by atoms with Crippen molar-refractivity contribution >= 4 is 34.7 Å². The van der Waals surface area contributed by atoms with Crippen molar-refractivity contribution < 1.29 is 14.3 Å². The second-order valence-corrected chi connectivity index (χ2v) is 8.72. The number of methoxy groups -OCH3 is 1. The summed E-state index contributed by atoms with van der Waals surface area (Å²) >= 11 is 2.21. The van der Waals surface area contributed by atoms with Crippen LogP contribution in [-0.4, -0.2) is 23.8 Å². The Morgan fingerprint density at radius 1 is 1.06 bits per heavy atom. The van der Waals surface area contributed by atoms with Crippen LogP contribution in [0.5, 0.6) is 11.5 Å². The van der Waals surface area contributed by atoms with Crippen molar-refractivity contribution in [1.82, 2.24) is 9.99 Å². The minimum absolute atomic E-state index is 0.291. The van der Waals surface area contributed by atoms with Crippen molar-refractivity contribution in [2.75, 3.05) is 7.11 Å². The Morgan fingerprint density at radius 3 is 2.56 bits per heavy atom. The van der Waals surface area contributed by atoms with E-state index in [1.165, 1.54) is 5.56 Å². The summed E-state index contributed by atoms with van der Waals surface area (Å²) in [5, 5.41) is 4.16. The Labute approximate surface area is 212 Å². The van der Waals surface area contributed by atoms with Gasteiger partial charge in [0.15, 0.2) is 11.5 Å². The van der Waals surface area contributed by atoms with Crippen molar-refractivity contribution in [2.24, 2.45) is 5.10 Å². The zero-order valence-corrected chi connectivity index (χ0v) is 21.0. The van der Waals surface area contributed by atoms with Crippen molar-refractivity contribution in [1.29, 1.82) is 0 Å². The Bertz CT molecular complexity index is 1320. The number of hydrogen-bond donors (Lipinski definition) is 1. The molecule has 0 aliphatic rings. The van der Waals surface area contributed by atoms with Gasteiger partial charge < -0.3 is 14.0 Å². The maximum Gasteiger partial charge on any atom is 0.273 e. The van der Waals surface area contributed by atoms with Gasteiger partial charge in [0.2, 0.25) is 0 Å². The van der Waals surface area contributed by atoms with Crippen molar-refractivity contribution in [2.45, 2.75) is 13.5 Å². The number of hydrazone groups is 1. The molecule has 1 heterocycles. The number of amides is 1. The molecule has 6 nitrogen and oxygen atoms in total. The molecule has 0 aliphatic carbocycles. The van der Waals surface area contributed by atoms with E-state index in [9.17, 15) is 4.79 Å². The van der Waals surface area contributed by atoms with Crippen LogP contribution in [-0.2, 0) is 6.61 Å². The topological polar surface area (TPSA) is 64.8 Å². The molecule has 7 heteroatoms. The number of halogens is 1. The van der Waals surface area contributed by atoms with Crippen LogP contribution < -0.4 is 14.9 Å². The third-order valence-electron chi connectivity index (χ3n) is 5.30. The van der Waals surface area contributed by atoms with Crippen molar-refractivity contribution in [3.63, 3.8) is 0 Å². The normalized spacial score (nSPS) is 10.9. The van der Waals surface area contributed by atoms with Crippen LogP contribution in [0.3, 0.4) is 0 Å². The van der Waals surface area contributed by atoms with Crippen LogP contribution >= 0.6 is 22.6 Å². The molecule has 0 aliphatic heterocycles. The number of carbonyl (C=O) groups excluding carboxylic acids is 1. The van der Waals surface area contributed by atoms with Gasteiger partial charge >= 0.3 is 0 Å². The highest BCUT2D eigenvalue weighted by Crippen LogP contribution is 2.34. The average molecular weight is 565 g/mol. The van der Waals surface area contributed by atoms with Gasteiger partial charge in [-0.1, -0.05) is 36.4 Å². The highest BCUT2D eigenvalue weighted by molar-refractivity contribution is 14.1. The number of aryl methyl sites for hydroxylation is 1. The fourth-order valence-corrected chi connectivity index (χ4v) is 4.27. The number of ether oxygens (including phenoxy) is 2. The van der Waals surface area contributed by atoms with Crippen LogP contribution in [0, 0.1) is 10.5 Å². The zero-order valence-electron chi connectivity index (χ0n) is 18.9. The molecular formula is C27H24IN3O3. The lowest BCUT2D eigenvalue weighted by Crippen LogP contribution is -2.19. The second-order valence-electron chi connectivity index (χ2n) is 7.56. The SMILES string of the molecule is COc1cc(/C=N\NC(=O)c2ccccc2-n2cccc2)cc(I)c1OCc1ccccc1C. The number of nitrogens with zero attached hydrogens (tertiary/aromatic N) is 2. The number of rotatable bonds is 8. The molecule has 0 bridgehead atoms. The molecule has 0 saturated heterocycles. The van der Waals surface area contributed by atoms with Crippen LogP contribution in [0.4, 0.5) is 0 Å². The highest BCUT2D eigenvalue weighted by atomic mass is 127. The predicted molar refractivity (Wildman–Crippen MR) is 142 cm³/mol. The molecule has 172 valence electrons. The highest BCUT2D eigenvalue weighted by Gasteiger charge is 2.13. The fourth-order valence-electron chi connectivity index (χ4n) is 3.49. The summed E-state index contributed by atoms with van der Waals surface area (Å²) in [5.41, 5.74) is 7.01. The van der Waals surface area contributed by atoms with Gasteiger partial charge in [-0.25, -0.2) is 5.43 Å². The van der Waals surface area contributed by atoms with Crippen LogP contribution in [0.25, 0.3) is 5.69 Å². The van der Waals surface area contributed by atoms with E-state index in [-0.39, 0.29) is 5.91 Å². The van der Waals surface area contributed by atoms with Gasteiger partial charge in [-0.15, -0.1) is 0 Å². The Kier molecular flexibility index (Phi) is 7.64. The Morgan fingerprint density at radius 2 is 1.79 bits per heavy atom. The maximum atomic E-state index is 12.8. The smallest absolute Gasteiger partial charge is 0.273 e. The van der Waals surface area contributed by atoms with Gasteiger partial charge in [-0.2, -0.15) is 5.10 Å². The number of nitrogens with one attached hydrogen (secondary N) is 1. The Balaban J connectivity index is 1.47. The summed E-state index contributed by atoms with van der Waals surface area (Å²) < 4.78 is 14.4. The monoisotopic (exact) mass is 565 g/mol. The molecule has 1 N–H and O–H groups in total. The van der Waals surface area contributed by atoms with Crippen LogP contribution in [0.15, 0.2) is 90.3 Å². The summed E-state index contributed by atoms with van der Waals surface area (Å²) in [6, 6.07) is 23.1. The van der Waals surface area contributed by atoms with Gasteiger partial charge in [-0.05, 0) is 82.6 Å². The maximum absolute atomic E-state index is 12.8. The first-order valence-electron chi connectivity index (χ1n) is 10.7. The molecule has 0 radical (unpaired) electrons. The molecule has 0 saturated carbocycles. The summed E-state index contributed by atoms with van der Waals surface area (Å²) in [6.07, 6.45) is 5.38. The standard InChI is InChI=1S/C27H24IN3O3/c1-19-9-3-4-10-21(19)18-34-26-23(28)15-20(16-25(26)33-2)17-29-30-27(32)22-11-5-6-12-24(22)31-13-7-8-14-31/h3-17H,18H2,1-2H3,(H,30,32)/b29-17-. The quantitative estimate of drug-likeness (QED) is 0.168. The minimum Gasteiger partial charge on any atom is -0.493 e. The molecule has 4 aromatic rings. The molecule has 0 fully saturated rings. The predicted octanol–water partition coefficient (Wildman–Crippen LogP) is 5.74. The minimum atomic E-state index is -0.291. The van der Waals surface area contributed by atoms with E-state index < -0.39 is 0 Å². The third kappa shape index (κ3) is 5.48. The fraction of sp³-hybridized carbons (Fsp3) is 0.111. The summed E-state index contributed by atoms with van der Waals surface area (Å²) in [4.78, 5) is 12.8. The number of benzene rings is 3. The molecule has 1 aromatic heterocycles. The van der Waals surface area contributed by atoms with E-state index in [0.29, 0.717) is 23.7 Å². The molecule has 1 amide bonds. The molecule has 0 spiro atoms. The molecular weight excluding hydrogens is 541 g/mol.